The van der Waals surface area contributed by atoms with Crippen molar-refractivity contribution in [3.63, 3.8) is 0 Å². The summed E-state index contributed by atoms with van der Waals surface area (Å²) in [5, 5.41) is 0. The van der Waals surface area contributed by atoms with E-state index < -0.39 is 18.0 Å². The molecule has 196 valence electrons. The summed E-state index contributed by atoms with van der Waals surface area (Å²) in [5.74, 6) is -0.571. The zero-order valence-electron chi connectivity index (χ0n) is 21.1. The molecule has 0 spiro atoms. The van der Waals surface area contributed by atoms with Gasteiger partial charge in [0.25, 0.3) is 5.56 Å². The van der Waals surface area contributed by atoms with Gasteiger partial charge in [0.1, 0.15) is 5.75 Å². The van der Waals surface area contributed by atoms with Crippen LogP contribution in [0.1, 0.15) is 41.4 Å². The molecule has 9 heteroatoms. The van der Waals surface area contributed by atoms with E-state index in [-0.39, 0.29) is 12.2 Å². The second-order valence-electron chi connectivity index (χ2n) is 8.68. The van der Waals surface area contributed by atoms with Gasteiger partial charge in [0, 0.05) is 4.47 Å². The van der Waals surface area contributed by atoms with Gasteiger partial charge < -0.3 is 9.47 Å². The van der Waals surface area contributed by atoms with Gasteiger partial charge in [-0.15, -0.1) is 0 Å². The normalized spacial score (nSPS) is 14.9. The molecule has 0 saturated carbocycles. The predicted octanol–water partition coefficient (Wildman–Crippen LogP) is 4.78. The second-order valence-corrected chi connectivity index (χ2v) is 10.6. The fourth-order valence-corrected chi connectivity index (χ4v) is 5.75. The lowest BCUT2D eigenvalue weighted by atomic mass is 9.96. The molecule has 5 rings (SSSR count). The Labute approximate surface area is 236 Å². The van der Waals surface area contributed by atoms with Crippen molar-refractivity contribution in [1.29, 1.82) is 0 Å². The molecule has 1 atom stereocenters. The highest BCUT2D eigenvalue weighted by Gasteiger charge is 2.33. The number of nitrogens with zero attached hydrogens (tertiary/aromatic N) is 2. The monoisotopic (exact) mass is 602 g/mol. The first-order valence-electron chi connectivity index (χ1n) is 12.2. The molecule has 39 heavy (non-hydrogen) atoms. The summed E-state index contributed by atoms with van der Waals surface area (Å²) in [6, 6.07) is 22.6. The van der Waals surface area contributed by atoms with E-state index in [1.165, 1.54) is 11.3 Å². The number of thiazole rings is 1. The number of fused-ring (bicyclic) bond motifs is 1. The van der Waals surface area contributed by atoms with Crippen LogP contribution in [0, 0.1) is 0 Å². The smallest absolute Gasteiger partial charge is 0.343 e. The highest BCUT2D eigenvalue weighted by molar-refractivity contribution is 9.10. The van der Waals surface area contributed by atoms with Crippen LogP contribution >= 0.6 is 27.3 Å². The number of allylic oxidation sites excluding steroid dienone is 1. The first-order valence-corrected chi connectivity index (χ1v) is 13.8. The van der Waals surface area contributed by atoms with Gasteiger partial charge >= 0.3 is 11.9 Å². The van der Waals surface area contributed by atoms with E-state index in [2.05, 4.69) is 20.9 Å². The third-order valence-electron chi connectivity index (χ3n) is 6.08. The topological polar surface area (TPSA) is 87.0 Å². The Morgan fingerprint density at radius 3 is 2.46 bits per heavy atom. The SMILES string of the molecule is CCOC(=O)C1=C(C)N=c2sc(=Cc3ccc(OC(=O)c4cccc(Br)c4)cc3)c(=O)n2[C@H]1c1ccccc1. The first kappa shape index (κ1) is 26.5. The Bertz CT molecular complexity index is 1770. The van der Waals surface area contributed by atoms with Gasteiger partial charge in [0.2, 0.25) is 0 Å². The van der Waals surface area contributed by atoms with Crippen LogP contribution in [0.2, 0.25) is 0 Å². The van der Waals surface area contributed by atoms with E-state index in [0.717, 1.165) is 15.6 Å². The third-order valence-corrected chi connectivity index (χ3v) is 7.56. The Kier molecular flexibility index (Phi) is 7.72. The van der Waals surface area contributed by atoms with Gasteiger partial charge in [0.05, 0.1) is 34.0 Å². The van der Waals surface area contributed by atoms with Gasteiger partial charge in [-0.1, -0.05) is 75.8 Å². The molecule has 0 amide bonds. The highest BCUT2D eigenvalue weighted by Crippen LogP contribution is 2.30. The maximum Gasteiger partial charge on any atom is 0.343 e. The van der Waals surface area contributed by atoms with Crippen LogP contribution in [-0.4, -0.2) is 23.1 Å². The lowest BCUT2D eigenvalue weighted by Crippen LogP contribution is -2.39. The van der Waals surface area contributed by atoms with Crippen molar-refractivity contribution in [2.75, 3.05) is 6.61 Å². The highest BCUT2D eigenvalue weighted by atomic mass is 79.9. The van der Waals surface area contributed by atoms with Gasteiger partial charge in [-0.25, -0.2) is 14.6 Å². The number of aromatic nitrogens is 1. The molecule has 0 saturated heterocycles. The van der Waals surface area contributed by atoms with Crippen molar-refractivity contribution >= 4 is 45.3 Å². The third kappa shape index (κ3) is 5.55. The molecule has 0 N–H and O–H groups in total. The summed E-state index contributed by atoms with van der Waals surface area (Å²) in [6.45, 7) is 3.72. The second kappa shape index (κ2) is 11.3. The van der Waals surface area contributed by atoms with Crippen LogP contribution < -0.4 is 19.6 Å². The fraction of sp³-hybridized carbons (Fsp3) is 0.133. The molecular weight excluding hydrogens is 580 g/mol. The van der Waals surface area contributed by atoms with E-state index in [4.69, 9.17) is 9.47 Å². The summed E-state index contributed by atoms with van der Waals surface area (Å²) >= 11 is 4.60. The van der Waals surface area contributed by atoms with Gasteiger partial charge in [-0.05, 0) is 61.4 Å². The van der Waals surface area contributed by atoms with E-state index in [9.17, 15) is 14.4 Å². The molecule has 0 aliphatic carbocycles. The molecule has 1 aromatic heterocycles. The van der Waals surface area contributed by atoms with Crippen molar-refractivity contribution < 1.29 is 19.1 Å². The maximum atomic E-state index is 13.7. The average molecular weight is 603 g/mol. The number of carbonyl (C=O) groups excluding carboxylic acids is 2. The predicted molar refractivity (Wildman–Crippen MR) is 152 cm³/mol. The van der Waals surface area contributed by atoms with Crippen molar-refractivity contribution in [2.45, 2.75) is 19.9 Å². The van der Waals surface area contributed by atoms with Crippen molar-refractivity contribution in [3.05, 3.63) is 131 Å². The summed E-state index contributed by atoms with van der Waals surface area (Å²) in [5.41, 5.74) is 2.58. The number of hydrogen-bond acceptors (Lipinski definition) is 7. The minimum absolute atomic E-state index is 0.218. The van der Waals surface area contributed by atoms with Crippen molar-refractivity contribution in [3.8, 4) is 5.75 Å². The Hall–Kier alpha value is -4.08. The first-order chi connectivity index (χ1) is 18.9. The average Bonchev–Trinajstić information content (AvgIpc) is 3.23. The van der Waals surface area contributed by atoms with Gasteiger partial charge in [-0.2, -0.15) is 0 Å². The Morgan fingerprint density at radius 2 is 1.77 bits per heavy atom. The fourth-order valence-electron chi connectivity index (χ4n) is 4.31. The lowest BCUT2D eigenvalue weighted by molar-refractivity contribution is -0.139. The number of halogens is 1. The standard InChI is InChI=1S/C30H23BrN2O5S/c1-3-37-29(36)25-18(2)32-30-33(26(25)20-8-5-4-6-9-20)27(34)24(39-30)16-19-12-14-23(15-13-19)38-28(35)21-10-7-11-22(31)17-21/h4-17,26H,3H2,1-2H3/t26-/m0/s1. The van der Waals surface area contributed by atoms with E-state index in [1.54, 1.807) is 67.0 Å². The molecule has 4 aromatic rings. The Morgan fingerprint density at radius 1 is 1.03 bits per heavy atom. The molecular formula is C30H23BrN2O5S. The summed E-state index contributed by atoms with van der Waals surface area (Å²) in [7, 11) is 0. The molecule has 1 aliphatic heterocycles. The quantitative estimate of drug-likeness (QED) is 0.234. The number of carbonyl (C=O) groups is 2. The number of rotatable bonds is 6. The molecule has 3 aromatic carbocycles. The van der Waals surface area contributed by atoms with Crippen molar-refractivity contribution in [2.24, 2.45) is 4.99 Å². The van der Waals surface area contributed by atoms with E-state index >= 15 is 0 Å². The molecule has 0 bridgehead atoms. The number of esters is 2. The zero-order valence-corrected chi connectivity index (χ0v) is 23.5. The Balaban J connectivity index is 1.49. The minimum Gasteiger partial charge on any atom is -0.463 e. The number of ether oxygens (including phenoxy) is 2. The van der Waals surface area contributed by atoms with E-state index in [1.807, 2.05) is 36.4 Å². The molecule has 0 unspecified atom stereocenters. The largest absolute Gasteiger partial charge is 0.463 e. The zero-order chi connectivity index (χ0) is 27.5. The summed E-state index contributed by atoms with van der Waals surface area (Å²) < 4.78 is 13.6. The minimum atomic E-state index is -0.650. The molecule has 1 aliphatic rings. The molecule has 0 fully saturated rings. The van der Waals surface area contributed by atoms with Crippen LogP contribution in [0.4, 0.5) is 0 Å². The van der Waals surface area contributed by atoms with Gasteiger partial charge in [0.15, 0.2) is 4.80 Å². The number of benzene rings is 3. The van der Waals surface area contributed by atoms with Crippen LogP contribution in [0.25, 0.3) is 6.08 Å². The van der Waals surface area contributed by atoms with E-state index in [0.29, 0.717) is 31.9 Å². The maximum absolute atomic E-state index is 13.7. The molecule has 0 radical (unpaired) electrons. The lowest BCUT2D eigenvalue weighted by Gasteiger charge is -2.24. The number of hydrogen-bond donors (Lipinski definition) is 0. The van der Waals surface area contributed by atoms with Crippen LogP contribution in [-0.2, 0) is 9.53 Å². The van der Waals surface area contributed by atoms with Crippen LogP contribution in [0.15, 0.2) is 104 Å². The van der Waals surface area contributed by atoms with Gasteiger partial charge in [-0.3, -0.25) is 9.36 Å². The van der Waals surface area contributed by atoms with Crippen molar-refractivity contribution in [1.82, 2.24) is 4.57 Å². The molecule has 2 heterocycles. The summed E-state index contributed by atoms with van der Waals surface area (Å²) in [6.07, 6.45) is 1.76. The van der Waals surface area contributed by atoms with Crippen LogP contribution in [0.3, 0.4) is 0 Å². The summed E-state index contributed by atoms with van der Waals surface area (Å²) in [4.78, 5) is 44.1. The van der Waals surface area contributed by atoms with Crippen LogP contribution in [0.5, 0.6) is 5.75 Å². The molecule has 7 nitrogen and oxygen atoms in total.